The normalized spacial score (nSPS) is 11.4. The van der Waals surface area contributed by atoms with Crippen LogP contribution in [-0.4, -0.2) is 34.5 Å². The van der Waals surface area contributed by atoms with Crippen LogP contribution in [-0.2, 0) is 9.59 Å². The average Bonchev–Trinajstić information content (AvgIpc) is 2.81. The summed E-state index contributed by atoms with van der Waals surface area (Å²) in [6.07, 6.45) is 2.53. The second-order valence-corrected chi connectivity index (χ2v) is 6.84. The van der Waals surface area contributed by atoms with E-state index < -0.39 is 11.8 Å². The number of hydrazone groups is 2. The van der Waals surface area contributed by atoms with Crippen molar-refractivity contribution in [2.45, 2.75) is 0 Å². The van der Waals surface area contributed by atoms with Gasteiger partial charge in [0.15, 0.2) is 0 Å². The molecular weight excluding hydrogens is 408 g/mol. The third kappa shape index (κ3) is 4.24. The lowest BCUT2D eigenvalue weighted by atomic mass is 10.0. The van der Waals surface area contributed by atoms with Gasteiger partial charge in [-0.3, -0.25) is 9.59 Å². The van der Waals surface area contributed by atoms with Crippen molar-refractivity contribution in [3.8, 4) is 11.5 Å². The second-order valence-electron chi connectivity index (χ2n) is 6.84. The minimum Gasteiger partial charge on any atom is -0.507 e. The van der Waals surface area contributed by atoms with Gasteiger partial charge in [-0.05, 0) is 33.7 Å². The number of aromatic hydroxyl groups is 2. The molecule has 0 aliphatic heterocycles. The number of hydrogen-bond donors (Lipinski definition) is 4. The summed E-state index contributed by atoms with van der Waals surface area (Å²) >= 11 is 0. The summed E-state index contributed by atoms with van der Waals surface area (Å²) in [6, 6.07) is 21.3. The molecule has 158 valence electrons. The van der Waals surface area contributed by atoms with Crippen LogP contribution in [0.15, 0.2) is 83.0 Å². The Hall–Kier alpha value is -4.72. The molecule has 4 aromatic rings. The third-order valence-corrected chi connectivity index (χ3v) is 4.82. The van der Waals surface area contributed by atoms with Crippen molar-refractivity contribution < 1.29 is 19.8 Å². The van der Waals surface area contributed by atoms with Crippen LogP contribution in [0.3, 0.4) is 0 Å². The van der Waals surface area contributed by atoms with E-state index in [0.29, 0.717) is 11.1 Å². The molecule has 0 saturated carbocycles. The molecule has 2 amide bonds. The van der Waals surface area contributed by atoms with Crippen LogP contribution in [0.1, 0.15) is 11.1 Å². The highest BCUT2D eigenvalue weighted by Crippen LogP contribution is 2.26. The molecule has 0 saturated heterocycles. The first-order valence-corrected chi connectivity index (χ1v) is 9.62. The summed E-state index contributed by atoms with van der Waals surface area (Å²) in [4.78, 5) is 24.0. The Morgan fingerprint density at radius 3 is 1.47 bits per heavy atom. The minimum atomic E-state index is -1.04. The molecule has 0 bridgehead atoms. The predicted molar refractivity (Wildman–Crippen MR) is 123 cm³/mol. The Kier molecular flexibility index (Phi) is 5.76. The molecule has 0 aliphatic rings. The monoisotopic (exact) mass is 426 g/mol. The van der Waals surface area contributed by atoms with E-state index in [4.69, 9.17) is 0 Å². The molecule has 8 nitrogen and oxygen atoms in total. The number of rotatable bonds is 4. The molecule has 0 heterocycles. The maximum Gasteiger partial charge on any atom is 0.331 e. The van der Waals surface area contributed by atoms with Gasteiger partial charge in [0, 0.05) is 11.1 Å². The van der Waals surface area contributed by atoms with Crippen LogP contribution in [0.25, 0.3) is 21.5 Å². The van der Waals surface area contributed by atoms with E-state index in [-0.39, 0.29) is 11.5 Å². The Bertz CT molecular complexity index is 1290. The van der Waals surface area contributed by atoms with Crippen molar-refractivity contribution in [2.75, 3.05) is 0 Å². The van der Waals surface area contributed by atoms with Crippen LogP contribution in [0.2, 0.25) is 0 Å². The molecule has 0 spiro atoms. The van der Waals surface area contributed by atoms with E-state index in [1.807, 2.05) is 48.5 Å². The largest absolute Gasteiger partial charge is 0.507 e. The van der Waals surface area contributed by atoms with Crippen molar-refractivity contribution >= 4 is 45.8 Å². The smallest absolute Gasteiger partial charge is 0.331 e. The number of nitrogens with one attached hydrogen (secondary N) is 2. The van der Waals surface area contributed by atoms with Gasteiger partial charge in [0.05, 0.1) is 12.4 Å². The predicted octanol–water partition coefficient (Wildman–Crippen LogP) is 3.00. The van der Waals surface area contributed by atoms with Crippen LogP contribution in [0, 0.1) is 0 Å². The highest BCUT2D eigenvalue weighted by atomic mass is 16.3. The molecule has 0 atom stereocenters. The number of phenolic OH excluding ortho intramolecular Hbond substituents is 2. The number of amides is 2. The average molecular weight is 426 g/mol. The molecule has 8 heteroatoms. The Balaban J connectivity index is 1.42. The summed E-state index contributed by atoms with van der Waals surface area (Å²) in [7, 11) is 0. The number of nitrogens with zero attached hydrogens (tertiary/aromatic N) is 2. The maximum absolute atomic E-state index is 12.0. The summed E-state index contributed by atoms with van der Waals surface area (Å²) in [5.41, 5.74) is 5.01. The first-order valence-electron chi connectivity index (χ1n) is 9.62. The quantitative estimate of drug-likeness (QED) is 0.228. The molecule has 0 fully saturated rings. The lowest BCUT2D eigenvalue weighted by Crippen LogP contribution is -2.35. The van der Waals surface area contributed by atoms with Crippen molar-refractivity contribution in [2.24, 2.45) is 10.2 Å². The molecule has 4 N–H and O–H groups in total. The Labute approximate surface area is 182 Å². The number of hydrogen-bond acceptors (Lipinski definition) is 6. The molecule has 0 aromatic heterocycles. The van der Waals surface area contributed by atoms with E-state index in [0.717, 1.165) is 21.5 Å². The third-order valence-electron chi connectivity index (χ3n) is 4.82. The van der Waals surface area contributed by atoms with E-state index in [1.54, 1.807) is 12.1 Å². The van der Waals surface area contributed by atoms with Gasteiger partial charge >= 0.3 is 11.8 Å². The topological polar surface area (TPSA) is 123 Å². The fraction of sp³-hybridized carbons (Fsp3) is 0. The van der Waals surface area contributed by atoms with E-state index >= 15 is 0 Å². The van der Waals surface area contributed by atoms with Gasteiger partial charge < -0.3 is 10.2 Å². The Morgan fingerprint density at radius 2 is 1.03 bits per heavy atom. The first kappa shape index (κ1) is 20.5. The highest BCUT2D eigenvalue weighted by Gasteiger charge is 2.12. The zero-order chi connectivity index (χ0) is 22.5. The van der Waals surface area contributed by atoms with E-state index in [2.05, 4.69) is 21.1 Å². The lowest BCUT2D eigenvalue weighted by Gasteiger charge is -2.05. The first-order chi connectivity index (χ1) is 15.5. The fourth-order valence-electron chi connectivity index (χ4n) is 3.25. The molecule has 4 aromatic carbocycles. The van der Waals surface area contributed by atoms with Crippen molar-refractivity contribution in [1.82, 2.24) is 10.9 Å². The number of phenols is 2. The van der Waals surface area contributed by atoms with Gasteiger partial charge in [-0.1, -0.05) is 60.7 Å². The lowest BCUT2D eigenvalue weighted by molar-refractivity contribution is -0.139. The van der Waals surface area contributed by atoms with Gasteiger partial charge in [-0.25, -0.2) is 10.9 Å². The fourth-order valence-corrected chi connectivity index (χ4v) is 3.25. The van der Waals surface area contributed by atoms with Crippen LogP contribution < -0.4 is 10.9 Å². The van der Waals surface area contributed by atoms with Gasteiger partial charge in [0.2, 0.25) is 0 Å². The minimum absolute atomic E-state index is 0.00866. The van der Waals surface area contributed by atoms with E-state index in [1.165, 1.54) is 24.6 Å². The van der Waals surface area contributed by atoms with E-state index in [9.17, 15) is 19.8 Å². The van der Waals surface area contributed by atoms with Gasteiger partial charge in [-0.2, -0.15) is 10.2 Å². The zero-order valence-corrected chi connectivity index (χ0v) is 16.7. The van der Waals surface area contributed by atoms with Gasteiger partial charge in [-0.15, -0.1) is 0 Å². The molecular formula is C24H18N4O4. The Morgan fingerprint density at radius 1 is 0.625 bits per heavy atom. The van der Waals surface area contributed by atoms with Crippen molar-refractivity contribution in [1.29, 1.82) is 0 Å². The molecule has 4 rings (SSSR count). The molecule has 0 radical (unpaired) electrons. The molecule has 32 heavy (non-hydrogen) atoms. The van der Waals surface area contributed by atoms with Crippen LogP contribution in [0.5, 0.6) is 11.5 Å². The zero-order valence-electron chi connectivity index (χ0n) is 16.7. The second kappa shape index (κ2) is 8.97. The number of fused-ring (bicyclic) bond motifs is 2. The number of benzene rings is 4. The summed E-state index contributed by atoms with van der Waals surface area (Å²) in [5.74, 6) is -2.10. The summed E-state index contributed by atoms with van der Waals surface area (Å²) in [5, 5.41) is 31.0. The van der Waals surface area contributed by atoms with Crippen molar-refractivity contribution in [3.05, 3.63) is 83.9 Å². The number of carbonyl (C=O) groups is 2. The maximum atomic E-state index is 12.0. The number of carbonyl (C=O) groups excluding carboxylic acids is 2. The molecule has 0 aliphatic carbocycles. The summed E-state index contributed by atoms with van der Waals surface area (Å²) < 4.78 is 0. The van der Waals surface area contributed by atoms with Gasteiger partial charge in [0.1, 0.15) is 11.5 Å². The highest BCUT2D eigenvalue weighted by molar-refractivity contribution is 6.35. The summed E-state index contributed by atoms with van der Waals surface area (Å²) in [6.45, 7) is 0. The van der Waals surface area contributed by atoms with Crippen LogP contribution >= 0.6 is 0 Å². The standard InChI is InChI=1S/C24H18N4O4/c29-21-11-9-15-5-1-3-7-17(15)19(21)13-25-27-23(31)24(32)28-26-14-20-18-8-4-2-6-16(18)10-12-22(20)30/h1-14,29-30H,(H,27,31)(H,28,32)/b25-13+,26-14+. The van der Waals surface area contributed by atoms with Crippen molar-refractivity contribution in [3.63, 3.8) is 0 Å². The molecule has 0 unspecified atom stereocenters. The van der Waals surface area contributed by atoms with Crippen LogP contribution in [0.4, 0.5) is 0 Å². The SMILES string of the molecule is O=C(N/N=C/c1c(O)ccc2ccccc12)C(=O)N/N=C/c1c(O)ccc2ccccc12. The van der Waals surface area contributed by atoms with Gasteiger partial charge in [0.25, 0.3) is 0 Å².